The smallest absolute Gasteiger partial charge is 0.344 e. The number of esters is 2. The van der Waals surface area contributed by atoms with Gasteiger partial charge in [0.2, 0.25) is 0 Å². The van der Waals surface area contributed by atoms with Gasteiger partial charge in [-0.3, -0.25) is 0 Å². The molecule has 0 spiro atoms. The van der Waals surface area contributed by atoms with Crippen LogP contribution in [-0.4, -0.2) is 21.5 Å². The molecule has 0 saturated carbocycles. The number of carbonyl (C=O) groups is 2. The fourth-order valence-electron chi connectivity index (χ4n) is 2.53. The third kappa shape index (κ3) is 6.72. The van der Waals surface area contributed by atoms with Gasteiger partial charge in [-0.25, -0.2) is 9.59 Å². The van der Waals surface area contributed by atoms with E-state index in [2.05, 4.69) is 23.6 Å². The van der Waals surface area contributed by atoms with Crippen LogP contribution in [0.5, 0.6) is 11.5 Å². The highest BCUT2D eigenvalue weighted by Gasteiger charge is 2.20. The van der Waals surface area contributed by atoms with Crippen molar-refractivity contribution in [2.75, 3.05) is 0 Å². The molecule has 0 N–H and O–H groups in total. The van der Waals surface area contributed by atoms with Crippen molar-refractivity contribution >= 4 is 21.5 Å². The molecule has 1 heterocycles. The molecule has 0 radical (unpaired) electrons. The summed E-state index contributed by atoms with van der Waals surface area (Å²) in [5.41, 5.74) is 4.84. The van der Waals surface area contributed by atoms with Gasteiger partial charge in [0.05, 0.1) is 20.6 Å². The Balaban J connectivity index is 0.000000468. The molecule has 1 aliphatic heterocycles. The topological polar surface area (TPSA) is 52.6 Å². The molecule has 0 amide bonds. The standard InChI is InChI=1S/C20H14O4.C4H6Si.CH4/c21-19(23-15-9-3-1-4-10-15)17-13-7-8-14-18(17)20(22)24-16-11-5-2-6-12-16;1-2-4-5-3-1;/h1-14H;1-4H,5H2;1H4. The van der Waals surface area contributed by atoms with Gasteiger partial charge >= 0.3 is 11.9 Å². The second-order valence-corrected chi connectivity index (χ2v) is 7.46. The molecule has 0 aliphatic carbocycles. The van der Waals surface area contributed by atoms with Crippen molar-refractivity contribution < 1.29 is 19.1 Å². The van der Waals surface area contributed by atoms with Crippen molar-refractivity contribution in [3.05, 3.63) is 120 Å². The minimum absolute atomic E-state index is 0. The lowest BCUT2D eigenvalue weighted by Crippen LogP contribution is -2.17. The number of allylic oxidation sites excluding steroid dienone is 2. The van der Waals surface area contributed by atoms with Crippen LogP contribution in [0.1, 0.15) is 28.1 Å². The van der Waals surface area contributed by atoms with Crippen LogP contribution in [0.25, 0.3) is 0 Å². The fourth-order valence-corrected chi connectivity index (χ4v) is 3.32. The van der Waals surface area contributed by atoms with Gasteiger partial charge in [-0.05, 0) is 36.4 Å². The largest absolute Gasteiger partial charge is 0.423 e. The molecule has 0 bridgehead atoms. The summed E-state index contributed by atoms with van der Waals surface area (Å²) in [4.78, 5) is 24.7. The van der Waals surface area contributed by atoms with Crippen LogP contribution in [0.2, 0.25) is 0 Å². The van der Waals surface area contributed by atoms with E-state index in [1.807, 2.05) is 12.1 Å². The van der Waals surface area contributed by atoms with Gasteiger partial charge in [0, 0.05) is 0 Å². The predicted molar refractivity (Wildman–Crippen MR) is 123 cm³/mol. The van der Waals surface area contributed by atoms with Crippen LogP contribution < -0.4 is 9.47 Å². The van der Waals surface area contributed by atoms with Crippen LogP contribution in [0.3, 0.4) is 0 Å². The first-order valence-electron chi connectivity index (χ1n) is 9.19. The number of ether oxygens (including phenoxy) is 2. The predicted octanol–water partition coefficient (Wildman–Crippen LogP) is 4.96. The molecule has 0 aromatic heterocycles. The summed E-state index contributed by atoms with van der Waals surface area (Å²) in [6.07, 6.45) is 4.23. The minimum Gasteiger partial charge on any atom is -0.423 e. The first-order chi connectivity index (χ1) is 14.2. The average molecular weight is 417 g/mol. The maximum Gasteiger partial charge on any atom is 0.344 e. The summed E-state index contributed by atoms with van der Waals surface area (Å²) >= 11 is 0. The molecule has 3 aromatic carbocycles. The van der Waals surface area contributed by atoms with Crippen LogP contribution in [0.15, 0.2) is 108 Å². The Morgan fingerprint density at radius 2 is 0.933 bits per heavy atom. The lowest BCUT2D eigenvalue weighted by Gasteiger charge is -2.09. The Bertz CT molecular complexity index is 929. The van der Waals surface area contributed by atoms with Gasteiger partial charge in [0.15, 0.2) is 0 Å². The monoisotopic (exact) mass is 416 g/mol. The summed E-state index contributed by atoms with van der Waals surface area (Å²) in [7, 11) is 0.182. The van der Waals surface area contributed by atoms with E-state index in [1.54, 1.807) is 60.7 Å². The first kappa shape index (κ1) is 22.6. The highest BCUT2D eigenvalue weighted by atomic mass is 28.2. The quantitative estimate of drug-likeness (QED) is 0.343. The third-order valence-electron chi connectivity index (χ3n) is 3.93. The van der Waals surface area contributed by atoms with Crippen molar-refractivity contribution in [3.8, 4) is 11.5 Å². The van der Waals surface area contributed by atoms with E-state index in [-0.39, 0.29) is 28.1 Å². The van der Waals surface area contributed by atoms with Crippen LogP contribution >= 0.6 is 0 Å². The average Bonchev–Trinajstić information content (AvgIpc) is 3.35. The van der Waals surface area contributed by atoms with Crippen molar-refractivity contribution in [2.24, 2.45) is 0 Å². The summed E-state index contributed by atoms with van der Waals surface area (Å²) in [6.45, 7) is 0. The number of hydrogen-bond donors (Lipinski definition) is 0. The van der Waals surface area contributed by atoms with Gasteiger partial charge in [-0.1, -0.05) is 79.5 Å². The van der Waals surface area contributed by atoms with Crippen molar-refractivity contribution in [1.29, 1.82) is 0 Å². The van der Waals surface area contributed by atoms with Crippen LogP contribution in [-0.2, 0) is 0 Å². The summed E-state index contributed by atoms with van der Waals surface area (Å²) in [5.74, 6) is -0.397. The maximum atomic E-state index is 12.4. The summed E-state index contributed by atoms with van der Waals surface area (Å²) in [5, 5.41) is 0. The number of benzene rings is 3. The molecule has 30 heavy (non-hydrogen) atoms. The lowest BCUT2D eigenvalue weighted by atomic mass is 10.1. The van der Waals surface area contributed by atoms with E-state index >= 15 is 0 Å². The number of hydrogen-bond acceptors (Lipinski definition) is 4. The van der Waals surface area contributed by atoms with E-state index < -0.39 is 11.9 Å². The molecule has 152 valence electrons. The Labute approximate surface area is 179 Å². The minimum atomic E-state index is -0.609. The fraction of sp³-hybridized carbons (Fsp3) is 0.0400. The summed E-state index contributed by atoms with van der Waals surface area (Å²) < 4.78 is 10.6. The molecule has 4 nitrogen and oxygen atoms in total. The van der Waals surface area contributed by atoms with Crippen molar-refractivity contribution in [1.82, 2.24) is 0 Å². The van der Waals surface area contributed by atoms with E-state index in [1.165, 1.54) is 12.1 Å². The molecular formula is C25H24O4Si. The number of rotatable bonds is 4. The molecule has 5 heteroatoms. The van der Waals surface area contributed by atoms with Crippen LogP contribution in [0.4, 0.5) is 0 Å². The molecule has 0 atom stereocenters. The Morgan fingerprint density at radius 1 is 0.567 bits per heavy atom. The number of para-hydroxylation sites is 2. The molecule has 3 aromatic rings. The van der Waals surface area contributed by atoms with Crippen molar-refractivity contribution in [3.63, 3.8) is 0 Å². The van der Waals surface area contributed by atoms with E-state index in [4.69, 9.17) is 9.47 Å². The maximum absolute atomic E-state index is 12.4. The molecule has 0 unspecified atom stereocenters. The van der Waals surface area contributed by atoms with Crippen LogP contribution in [0, 0.1) is 0 Å². The van der Waals surface area contributed by atoms with Gasteiger partial charge in [-0.2, -0.15) is 0 Å². The second kappa shape index (κ2) is 12.0. The van der Waals surface area contributed by atoms with Crippen molar-refractivity contribution in [2.45, 2.75) is 7.43 Å². The highest BCUT2D eigenvalue weighted by molar-refractivity contribution is 6.49. The lowest BCUT2D eigenvalue weighted by molar-refractivity contribution is 0.0692. The Kier molecular flexibility index (Phi) is 9.02. The Hall–Kier alpha value is -3.70. The molecule has 4 rings (SSSR count). The van der Waals surface area contributed by atoms with Gasteiger partial charge in [0.25, 0.3) is 0 Å². The highest BCUT2D eigenvalue weighted by Crippen LogP contribution is 2.17. The van der Waals surface area contributed by atoms with Gasteiger partial charge < -0.3 is 9.47 Å². The SMILES string of the molecule is C.C1=C[SiH2]C=C1.O=C(Oc1ccccc1)c1ccccc1C(=O)Oc1ccccc1. The van der Waals surface area contributed by atoms with Gasteiger partial charge in [-0.15, -0.1) is 0 Å². The zero-order valence-electron chi connectivity index (χ0n) is 15.7. The summed E-state index contributed by atoms with van der Waals surface area (Å²) in [6, 6.07) is 23.8. The number of carbonyl (C=O) groups excluding carboxylic acids is 2. The zero-order valence-corrected chi connectivity index (χ0v) is 17.1. The third-order valence-corrected chi connectivity index (χ3v) is 5.02. The van der Waals surface area contributed by atoms with E-state index in [9.17, 15) is 9.59 Å². The zero-order chi connectivity index (χ0) is 20.3. The Morgan fingerprint density at radius 3 is 1.27 bits per heavy atom. The molecule has 1 aliphatic rings. The molecule has 0 fully saturated rings. The van der Waals surface area contributed by atoms with E-state index in [0.717, 1.165) is 0 Å². The molecular weight excluding hydrogens is 392 g/mol. The van der Waals surface area contributed by atoms with E-state index in [0.29, 0.717) is 11.5 Å². The molecule has 0 saturated heterocycles. The second-order valence-electron chi connectivity index (χ2n) is 6.04. The van der Waals surface area contributed by atoms with Gasteiger partial charge in [0.1, 0.15) is 11.5 Å². The first-order valence-corrected chi connectivity index (χ1v) is 10.8. The normalized spacial score (nSPS) is 10.9.